The number of hydrogen-bond acceptors (Lipinski definition) is 4. The van der Waals surface area contributed by atoms with Crippen LogP contribution in [0.5, 0.6) is 0 Å². The van der Waals surface area contributed by atoms with Gasteiger partial charge < -0.3 is 10.2 Å². The van der Waals surface area contributed by atoms with Gasteiger partial charge in [-0.15, -0.1) is 0 Å². The molecule has 4 nitrogen and oxygen atoms in total. The molecule has 1 aromatic rings. The van der Waals surface area contributed by atoms with Crippen molar-refractivity contribution in [3.8, 4) is 6.07 Å². The molecule has 1 heterocycles. The number of aromatic nitrogens is 1. The predicted octanol–water partition coefficient (Wildman–Crippen LogP) is 1.96. The summed E-state index contributed by atoms with van der Waals surface area (Å²) in [6.07, 6.45) is 1.85. The Hall–Kier alpha value is -1.60. The van der Waals surface area contributed by atoms with Crippen molar-refractivity contribution in [1.29, 1.82) is 5.26 Å². The minimum atomic E-state index is 0.0240. The lowest BCUT2D eigenvalue weighted by molar-refractivity contribution is 0.632. The molecule has 0 aliphatic carbocycles. The third-order valence-corrected chi connectivity index (χ3v) is 2.86. The van der Waals surface area contributed by atoms with Crippen LogP contribution in [-0.4, -0.2) is 25.6 Å². The van der Waals surface area contributed by atoms with Crippen molar-refractivity contribution in [3.63, 3.8) is 0 Å². The number of anilines is 1. The topological polar surface area (TPSA) is 52.0 Å². The number of hydrogen-bond donors (Lipinski definition) is 1. The highest BCUT2D eigenvalue weighted by molar-refractivity contribution is 5.44. The molecule has 0 bridgehead atoms. The Kier molecular flexibility index (Phi) is 4.92. The molecule has 4 heteroatoms. The van der Waals surface area contributed by atoms with E-state index in [1.807, 2.05) is 39.3 Å². The van der Waals surface area contributed by atoms with Crippen LogP contribution in [0.25, 0.3) is 0 Å². The van der Waals surface area contributed by atoms with Gasteiger partial charge in [0.2, 0.25) is 0 Å². The second-order valence-electron chi connectivity index (χ2n) is 4.36. The molecule has 0 radical (unpaired) electrons. The molecule has 17 heavy (non-hydrogen) atoms. The van der Waals surface area contributed by atoms with Crippen LogP contribution in [0, 0.1) is 17.2 Å². The average Bonchev–Trinajstić information content (AvgIpc) is 2.37. The van der Waals surface area contributed by atoms with Crippen LogP contribution in [0.3, 0.4) is 0 Å². The molecule has 2 atom stereocenters. The zero-order valence-electron chi connectivity index (χ0n) is 10.9. The van der Waals surface area contributed by atoms with E-state index in [0.717, 1.165) is 17.9 Å². The summed E-state index contributed by atoms with van der Waals surface area (Å²) in [4.78, 5) is 6.47. The maximum atomic E-state index is 8.78. The van der Waals surface area contributed by atoms with E-state index < -0.39 is 0 Å². The van der Waals surface area contributed by atoms with Crippen molar-refractivity contribution in [1.82, 2.24) is 10.3 Å². The molecule has 0 aromatic carbocycles. The molecule has 1 N–H and O–H groups in total. The standard InChI is InChI=1S/C13H20N4/c1-10(7-14)9-17(4)12-5-6-13(16-8-12)11(2)15-3/h5-6,8,10-11,15H,9H2,1-4H3. The van der Waals surface area contributed by atoms with Crippen LogP contribution < -0.4 is 10.2 Å². The fraction of sp³-hybridized carbons (Fsp3) is 0.538. The quantitative estimate of drug-likeness (QED) is 0.843. The van der Waals surface area contributed by atoms with Crippen molar-refractivity contribution in [2.75, 3.05) is 25.5 Å². The lowest BCUT2D eigenvalue weighted by atomic mass is 10.2. The Bertz CT molecular complexity index is 379. The summed E-state index contributed by atoms with van der Waals surface area (Å²) >= 11 is 0. The highest BCUT2D eigenvalue weighted by Crippen LogP contribution is 2.16. The largest absolute Gasteiger partial charge is 0.372 e. The highest BCUT2D eigenvalue weighted by Gasteiger charge is 2.08. The van der Waals surface area contributed by atoms with Gasteiger partial charge >= 0.3 is 0 Å². The minimum Gasteiger partial charge on any atom is -0.372 e. The summed E-state index contributed by atoms with van der Waals surface area (Å²) in [7, 11) is 3.90. The molecule has 0 aliphatic rings. The molecule has 0 aliphatic heterocycles. The predicted molar refractivity (Wildman–Crippen MR) is 69.8 cm³/mol. The number of rotatable bonds is 5. The Morgan fingerprint density at radius 2 is 2.18 bits per heavy atom. The van der Waals surface area contributed by atoms with E-state index in [1.54, 1.807) is 0 Å². The monoisotopic (exact) mass is 232 g/mol. The number of nitriles is 1. The van der Waals surface area contributed by atoms with Gasteiger partial charge in [-0.05, 0) is 33.0 Å². The SMILES string of the molecule is CNC(C)c1ccc(N(C)CC(C)C#N)cn1. The molecule has 1 aromatic heterocycles. The summed E-state index contributed by atoms with van der Waals surface area (Å²) in [5.74, 6) is 0.0240. The molecule has 0 amide bonds. The highest BCUT2D eigenvalue weighted by atomic mass is 15.1. The Balaban J connectivity index is 2.71. The van der Waals surface area contributed by atoms with Gasteiger partial charge in [0.1, 0.15) is 0 Å². The average molecular weight is 232 g/mol. The van der Waals surface area contributed by atoms with Crippen LogP contribution in [0.2, 0.25) is 0 Å². The summed E-state index contributed by atoms with van der Waals surface area (Å²) < 4.78 is 0. The first kappa shape index (κ1) is 13.5. The molecular weight excluding hydrogens is 212 g/mol. The minimum absolute atomic E-state index is 0.0240. The number of pyridine rings is 1. The van der Waals surface area contributed by atoms with E-state index in [-0.39, 0.29) is 12.0 Å². The lowest BCUT2D eigenvalue weighted by Gasteiger charge is -2.20. The third kappa shape index (κ3) is 3.72. The van der Waals surface area contributed by atoms with Crippen LogP contribution >= 0.6 is 0 Å². The maximum absolute atomic E-state index is 8.78. The van der Waals surface area contributed by atoms with Crippen LogP contribution in [0.15, 0.2) is 18.3 Å². The summed E-state index contributed by atoms with van der Waals surface area (Å²) in [6.45, 7) is 4.71. The van der Waals surface area contributed by atoms with E-state index in [2.05, 4.69) is 28.2 Å². The molecule has 0 saturated heterocycles. The van der Waals surface area contributed by atoms with Gasteiger partial charge in [0.15, 0.2) is 0 Å². The van der Waals surface area contributed by atoms with Gasteiger partial charge in [0.25, 0.3) is 0 Å². The number of nitrogens with one attached hydrogen (secondary N) is 1. The molecule has 0 fully saturated rings. The van der Waals surface area contributed by atoms with Crippen LogP contribution in [0.1, 0.15) is 25.6 Å². The van der Waals surface area contributed by atoms with Crippen molar-refractivity contribution in [3.05, 3.63) is 24.0 Å². The summed E-state index contributed by atoms with van der Waals surface area (Å²) in [6, 6.07) is 6.55. The van der Waals surface area contributed by atoms with Crippen molar-refractivity contribution < 1.29 is 0 Å². The Labute approximate surface area is 103 Å². The third-order valence-electron chi connectivity index (χ3n) is 2.86. The zero-order chi connectivity index (χ0) is 12.8. The Morgan fingerprint density at radius 3 is 2.65 bits per heavy atom. The van der Waals surface area contributed by atoms with E-state index >= 15 is 0 Å². The van der Waals surface area contributed by atoms with Gasteiger partial charge in [-0.1, -0.05) is 0 Å². The van der Waals surface area contributed by atoms with Gasteiger partial charge in [-0.3, -0.25) is 4.98 Å². The zero-order valence-corrected chi connectivity index (χ0v) is 10.9. The second-order valence-corrected chi connectivity index (χ2v) is 4.36. The van der Waals surface area contributed by atoms with Crippen LogP contribution in [0.4, 0.5) is 5.69 Å². The molecule has 92 valence electrons. The molecular formula is C13H20N4. The van der Waals surface area contributed by atoms with Gasteiger partial charge in [-0.25, -0.2) is 0 Å². The number of nitrogens with zero attached hydrogens (tertiary/aromatic N) is 3. The summed E-state index contributed by atoms with van der Waals surface area (Å²) in [5, 5.41) is 11.9. The van der Waals surface area contributed by atoms with E-state index in [1.165, 1.54) is 0 Å². The van der Waals surface area contributed by atoms with E-state index in [9.17, 15) is 0 Å². The fourth-order valence-corrected chi connectivity index (χ4v) is 1.58. The van der Waals surface area contributed by atoms with Crippen molar-refractivity contribution in [2.24, 2.45) is 5.92 Å². The Morgan fingerprint density at radius 1 is 1.47 bits per heavy atom. The summed E-state index contributed by atoms with van der Waals surface area (Å²) in [5.41, 5.74) is 2.07. The first-order chi connectivity index (χ1) is 8.08. The van der Waals surface area contributed by atoms with Crippen LogP contribution in [-0.2, 0) is 0 Å². The maximum Gasteiger partial charge on any atom is 0.0671 e. The molecule has 0 spiro atoms. The van der Waals surface area contributed by atoms with E-state index in [4.69, 9.17) is 5.26 Å². The smallest absolute Gasteiger partial charge is 0.0671 e. The second kappa shape index (κ2) is 6.21. The van der Waals surface area contributed by atoms with Crippen molar-refractivity contribution >= 4 is 5.69 Å². The molecule has 0 saturated carbocycles. The molecule has 2 unspecified atom stereocenters. The first-order valence-corrected chi connectivity index (χ1v) is 5.82. The van der Waals surface area contributed by atoms with Crippen molar-refractivity contribution in [2.45, 2.75) is 19.9 Å². The van der Waals surface area contributed by atoms with Gasteiger partial charge in [-0.2, -0.15) is 5.26 Å². The normalized spacial score (nSPS) is 13.8. The van der Waals surface area contributed by atoms with Gasteiger partial charge in [0.05, 0.1) is 29.6 Å². The first-order valence-electron chi connectivity index (χ1n) is 5.82. The van der Waals surface area contributed by atoms with E-state index in [0.29, 0.717) is 0 Å². The lowest BCUT2D eigenvalue weighted by Crippen LogP contribution is -2.23. The fourth-order valence-electron chi connectivity index (χ4n) is 1.58. The molecule has 1 rings (SSSR count). The van der Waals surface area contributed by atoms with Gasteiger partial charge in [0, 0.05) is 19.6 Å².